The SMILES string of the molecule is CCCn1c(CC(CC)CN)nc2ccccc21. The van der Waals surface area contributed by atoms with Crippen molar-refractivity contribution in [3.8, 4) is 0 Å². The summed E-state index contributed by atoms with van der Waals surface area (Å²) in [4.78, 5) is 4.77. The van der Waals surface area contributed by atoms with Crippen molar-refractivity contribution in [1.29, 1.82) is 0 Å². The molecule has 0 aliphatic heterocycles. The predicted molar refractivity (Wildman–Crippen MR) is 76.6 cm³/mol. The summed E-state index contributed by atoms with van der Waals surface area (Å²) < 4.78 is 2.35. The monoisotopic (exact) mass is 245 g/mol. The lowest BCUT2D eigenvalue weighted by Gasteiger charge is -2.13. The van der Waals surface area contributed by atoms with Gasteiger partial charge in [-0.3, -0.25) is 0 Å². The van der Waals surface area contributed by atoms with Gasteiger partial charge in [-0.25, -0.2) is 4.98 Å². The minimum Gasteiger partial charge on any atom is -0.330 e. The molecule has 0 spiro atoms. The molecule has 0 aliphatic carbocycles. The summed E-state index contributed by atoms with van der Waals surface area (Å²) in [5.74, 6) is 1.73. The summed E-state index contributed by atoms with van der Waals surface area (Å²) in [6.07, 6.45) is 3.24. The lowest BCUT2D eigenvalue weighted by molar-refractivity contribution is 0.490. The van der Waals surface area contributed by atoms with E-state index in [1.165, 1.54) is 11.3 Å². The summed E-state index contributed by atoms with van der Waals surface area (Å²) in [6, 6.07) is 8.38. The summed E-state index contributed by atoms with van der Waals surface area (Å²) in [7, 11) is 0. The van der Waals surface area contributed by atoms with Crippen molar-refractivity contribution in [1.82, 2.24) is 9.55 Å². The first-order valence-electron chi connectivity index (χ1n) is 6.94. The van der Waals surface area contributed by atoms with Crippen LogP contribution in [0, 0.1) is 5.92 Å². The number of aromatic nitrogens is 2. The van der Waals surface area contributed by atoms with Gasteiger partial charge in [0.1, 0.15) is 5.82 Å². The number of nitrogens with zero attached hydrogens (tertiary/aromatic N) is 2. The van der Waals surface area contributed by atoms with Crippen LogP contribution in [0.4, 0.5) is 0 Å². The molecule has 0 amide bonds. The molecule has 2 N–H and O–H groups in total. The number of imidazole rings is 1. The molecule has 0 bridgehead atoms. The number of aryl methyl sites for hydroxylation is 1. The van der Waals surface area contributed by atoms with Gasteiger partial charge in [-0.1, -0.05) is 32.4 Å². The lowest BCUT2D eigenvalue weighted by atomic mass is 10.0. The molecule has 0 saturated heterocycles. The van der Waals surface area contributed by atoms with Crippen LogP contribution in [0.15, 0.2) is 24.3 Å². The van der Waals surface area contributed by atoms with Gasteiger partial charge in [0.05, 0.1) is 11.0 Å². The average molecular weight is 245 g/mol. The molecule has 18 heavy (non-hydrogen) atoms. The van der Waals surface area contributed by atoms with E-state index in [0.717, 1.165) is 37.9 Å². The Morgan fingerprint density at radius 2 is 2.06 bits per heavy atom. The van der Waals surface area contributed by atoms with Crippen molar-refractivity contribution in [3.63, 3.8) is 0 Å². The Labute approximate surface area is 109 Å². The molecular weight excluding hydrogens is 222 g/mol. The highest BCUT2D eigenvalue weighted by atomic mass is 15.1. The van der Waals surface area contributed by atoms with Gasteiger partial charge in [0, 0.05) is 13.0 Å². The fraction of sp³-hybridized carbons (Fsp3) is 0.533. The number of hydrogen-bond donors (Lipinski definition) is 1. The van der Waals surface area contributed by atoms with E-state index in [2.05, 4.69) is 42.7 Å². The average Bonchev–Trinajstić information content (AvgIpc) is 2.75. The first-order valence-corrected chi connectivity index (χ1v) is 6.94. The molecule has 0 aliphatic rings. The van der Waals surface area contributed by atoms with Crippen molar-refractivity contribution in [2.24, 2.45) is 11.7 Å². The normalized spacial score (nSPS) is 13.1. The van der Waals surface area contributed by atoms with Crippen LogP contribution in [-0.2, 0) is 13.0 Å². The third-order valence-corrected chi connectivity index (χ3v) is 3.56. The zero-order chi connectivity index (χ0) is 13.0. The lowest BCUT2D eigenvalue weighted by Crippen LogP contribution is -2.18. The minimum absolute atomic E-state index is 0.539. The van der Waals surface area contributed by atoms with Crippen LogP contribution < -0.4 is 5.73 Å². The second-order valence-corrected chi connectivity index (χ2v) is 4.88. The molecular formula is C15H23N3. The number of nitrogens with two attached hydrogens (primary N) is 1. The van der Waals surface area contributed by atoms with E-state index in [9.17, 15) is 0 Å². The molecule has 2 aromatic rings. The van der Waals surface area contributed by atoms with Crippen LogP contribution in [0.5, 0.6) is 0 Å². The topological polar surface area (TPSA) is 43.8 Å². The van der Waals surface area contributed by atoms with Crippen LogP contribution in [0.3, 0.4) is 0 Å². The number of para-hydroxylation sites is 2. The first-order chi connectivity index (χ1) is 8.80. The first kappa shape index (κ1) is 13.1. The van der Waals surface area contributed by atoms with E-state index in [-0.39, 0.29) is 0 Å². The maximum Gasteiger partial charge on any atom is 0.110 e. The highest BCUT2D eigenvalue weighted by Gasteiger charge is 2.13. The highest BCUT2D eigenvalue weighted by molar-refractivity contribution is 5.75. The molecule has 1 heterocycles. The fourth-order valence-corrected chi connectivity index (χ4v) is 2.41. The van der Waals surface area contributed by atoms with E-state index < -0.39 is 0 Å². The van der Waals surface area contributed by atoms with Gasteiger partial charge in [-0.2, -0.15) is 0 Å². The van der Waals surface area contributed by atoms with Gasteiger partial charge in [0.15, 0.2) is 0 Å². The molecule has 2 rings (SSSR count). The van der Waals surface area contributed by atoms with E-state index in [0.29, 0.717) is 5.92 Å². The molecule has 1 unspecified atom stereocenters. The van der Waals surface area contributed by atoms with E-state index in [4.69, 9.17) is 10.7 Å². The van der Waals surface area contributed by atoms with Crippen molar-refractivity contribution >= 4 is 11.0 Å². The number of benzene rings is 1. The van der Waals surface area contributed by atoms with Gasteiger partial charge < -0.3 is 10.3 Å². The van der Waals surface area contributed by atoms with E-state index >= 15 is 0 Å². The Morgan fingerprint density at radius 1 is 1.28 bits per heavy atom. The molecule has 0 fully saturated rings. The smallest absolute Gasteiger partial charge is 0.110 e. The second-order valence-electron chi connectivity index (χ2n) is 4.88. The fourth-order valence-electron chi connectivity index (χ4n) is 2.41. The zero-order valence-corrected chi connectivity index (χ0v) is 11.4. The molecule has 1 atom stereocenters. The van der Waals surface area contributed by atoms with Crippen molar-refractivity contribution in [2.75, 3.05) is 6.54 Å². The van der Waals surface area contributed by atoms with Gasteiger partial charge in [0.25, 0.3) is 0 Å². The number of rotatable bonds is 6. The number of fused-ring (bicyclic) bond motifs is 1. The van der Waals surface area contributed by atoms with Crippen molar-refractivity contribution in [3.05, 3.63) is 30.1 Å². The third-order valence-electron chi connectivity index (χ3n) is 3.56. The molecule has 0 saturated carbocycles. The van der Waals surface area contributed by atoms with Crippen LogP contribution in [-0.4, -0.2) is 16.1 Å². The molecule has 0 radical (unpaired) electrons. The Kier molecular flexibility index (Phi) is 4.37. The van der Waals surface area contributed by atoms with Crippen LogP contribution in [0.1, 0.15) is 32.5 Å². The van der Waals surface area contributed by atoms with E-state index in [1.807, 2.05) is 0 Å². The molecule has 98 valence electrons. The van der Waals surface area contributed by atoms with Crippen molar-refractivity contribution in [2.45, 2.75) is 39.7 Å². The quantitative estimate of drug-likeness (QED) is 0.850. The predicted octanol–water partition coefficient (Wildman–Crippen LogP) is 2.97. The maximum absolute atomic E-state index is 5.81. The van der Waals surface area contributed by atoms with E-state index in [1.54, 1.807) is 0 Å². The Hall–Kier alpha value is -1.35. The Balaban J connectivity index is 2.38. The van der Waals surface area contributed by atoms with Crippen molar-refractivity contribution < 1.29 is 0 Å². The second kappa shape index (κ2) is 6.01. The van der Waals surface area contributed by atoms with Gasteiger partial charge in [-0.05, 0) is 31.0 Å². The maximum atomic E-state index is 5.81. The van der Waals surface area contributed by atoms with Gasteiger partial charge >= 0.3 is 0 Å². The largest absolute Gasteiger partial charge is 0.330 e. The zero-order valence-electron chi connectivity index (χ0n) is 11.4. The summed E-state index contributed by atoms with van der Waals surface area (Å²) in [5, 5.41) is 0. The summed E-state index contributed by atoms with van der Waals surface area (Å²) in [6.45, 7) is 6.19. The summed E-state index contributed by atoms with van der Waals surface area (Å²) in [5.41, 5.74) is 8.17. The molecule has 3 nitrogen and oxygen atoms in total. The van der Waals surface area contributed by atoms with Gasteiger partial charge in [-0.15, -0.1) is 0 Å². The van der Waals surface area contributed by atoms with Crippen LogP contribution in [0.2, 0.25) is 0 Å². The highest BCUT2D eigenvalue weighted by Crippen LogP contribution is 2.19. The Bertz CT molecular complexity index is 497. The molecule has 1 aromatic heterocycles. The standard InChI is InChI=1S/C15H23N3/c1-3-9-18-14-8-6-5-7-13(14)17-15(18)10-12(4-2)11-16/h5-8,12H,3-4,9-11,16H2,1-2H3. The van der Waals surface area contributed by atoms with Crippen LogP contribution in [0.25, 0.3) is 11.0 Å². The third kappa shape index (κ3) is 2.56. The Morgan fingerprint density at radius 3 is 2.72 bits per heavy atom. The number of hydrogen-bond acceptors (Lipinski definition) is 2. The summed E-state index contributed by atoms with van der Waals surface area (Å²) >= 11 is 0. The van der Waals surface area contributed by atoms with Gasteiger partial charge in [0.2, 0.25) is 0 Å². The minimum atomic E-state index is 0.539. The molecule has 3 heteroatoms. The molecule has 1 aromatic carbocycles. The van der Waals surface area contributed by atoms with Crippen LogP contribution >= 0.6 is 0 Å².